The fraction of sp³-hybridized carbons (Fsp3) is 0.833. The zero-order chi connectivity index (χ0) is 12.8. The minimum absolute atomic E-state index is 0.0593. The van der Waals surface area contributed by atoms with Crippen molar-refractivity contribution >= 4 is 11.9 Å². The Labute approximate surface area is 102 Å². The Morgan fingerprint density at radius 3 is 2.35 bits per heavy atom. The topological polar surface area (TPSA) is 60.9 Å². The van der Waals surface area contributed by atoms with Gasteiger partial charge in [0, 0.05) is 19.1 Å². The van der Waals surface area contributed by atoms with Gasteiger partial charge < -0.3 is 10.0 Å². The monoisotopic (exact) mass is 242 g/mol. The minimum Gasteiger partial charge on any atom is -0.480 e. The van der Waals surface area contributed by atoms with Gasteiger partial charge in [0.15, 0.2) is 0 Å². The Morgan fingerprint density at radius 1 is 1.29 bits per heavy atom. The van der Waals surface area contributed by atoms with Crippen LogP contribution in [0.2, 0.25) is 0 Å². The number of carboxylic acids is 1. The van der Waals surface area contributed by atoms with Crippen LogP contribution in [0.1, 0.15) is 33.1 Å². The molecule has 0 aromatic rings. The molecule has 0 bridgehead atoms. The standard InChI is InChI=1S/C12H22N2O3/c1-3-10(2)14(9-12(16)17)8-11(15)13-6-4-5-7-13/h10H,3-9H2,1-2H3,(H,16,17). The van der Waals surface area contributed by atoms with Crippen LogP contribution in [0, 0.1) is 0 Å². The van der Waals surface area contributed by atoms with Crippen LogP contribution in [0.3, 0.4) is 0 Å². The van der Waals surface area contributed by atoms with Gasteiger partial charge in [-0.25, -0.2) is 0 Å². The highest BCUT2D eigenvalue weighted by atomic mass is 16.4. The normalized spacial score (nSPS) is 17.5. The molecule has 17 heavy (non-hydrogen) atoms. The van der Waals surface area contributed by atoms with Crippen LogP contribution >= 0.6 is 0 Å². The van der Waals surface area contributed by atoms with Crippen molar-refractivity contribution in [3.8, 4) is 0 Å². The second-order valence-electron chi connectivity index (χ2n) is 4.64. The molecule has 1 saturated heterocycles. The number of amides is 1. The maximum Gasteiger partial charge on any atom is 0.317 e. The van der Waals surface area contributed by atoms with Gasteiger partial charge in [-0.05, 0) is 26.2 Å². The molecule has 5 nitrogen and oxygen atoms in total. The van der Waals surface area contributed by atoms with Gasteiger partial charge >= 0.3 is 5.97 Å². The second-order valence-corrected chi connectivity index (χ2v) is 4.64. The highest BCUT2D eigenvalue weighted by Crippen LogP contribution is 2.10. The van der Waals surface area contributed by atoms with E-state index in [1.165, 1.54) is 0 Å². The van der Waals surface area contributed by atoms with Gasteiger partial charge in [-0.3, -0.25) is 14.5 Å². The SMILES string of the molecule is CCC(C)N(CC(=O)O)CC(=O)N1CCCC1. The summed E-state index contributed by atoms with van der Waals surface area (Å²) in [5, 5.41) is 8.84. The zero-order valence-corrected chi connectivity index (χ0v) is 10.7. The molecule has 1 fully saturated rings. The molecule has 1 atom stereocenters. The number of carbonyl (C=O) groups is 2. The minimum atomic E-state index is -0.875. The highest BCUT2D eigenvalue weighted by molar-refractivity contribution is 5.79. The Bertz CT molecular complexity index is 275. The summed E-state index contributed by atoms with van der Waals surface area (Å²) in [6.07, 6.45) is 2.97. The molecule has 1 unspecified atom stereocenters. The van der Waals surface area contributed by atoms with E-state index < -0.39 is 5.97 Å². The molecule has 0 aromatic heterocycles. The van der Waals surface area contributed by atoms with E-state index in [2.05, 4.69) is 0 Å². The lowest BCUT2D eigenvalue weighted by atomic mass is 10.2. The summed E-state index contributed by atoms with van der Waals surface area (Å²) in [4.78, 5) is 26.3. The van der Waals surface area contributed by atoms with E-state index in [0.717, 1.165) is 32.4 Å². The summed E-state index contributed by atoms with van der Waals surface area (Å²) in [7, 11) is 0. The van der Waals surface area contributed by atoms with Crippen LogP contribution in [-0.4, -0.2) is 59.0 Å². The van der Waals surface area contributed by atoms with Crippen molar-refractivity contribution in [3.63, 3.8) is 0 Å². The summed E-state index contributed by atoms with van der Waals surface area (Å²) >= 11 is 0. The van der Waals surface area contributed by atoms with Crippen LogP contribution in [0.15, 0.2) is 0 Å². The largest absolute Gasteiger partial charge is 0.480 e. The molecule has 0 aromatic carbocycles. The molecule has 0 radical (unpaired) electrons. The van der Waals surface area contributed by atoms with Gasteiger partial charge in [-0.1, -0.05) is 6.92 Å². The van der Waals surface area contributed by atoms with Crippen LogP contribution in [-0.2, 0) is 9.59 Å². The van der Waals surface area contributed by atoms with Crippen molar-refractivity contribution in [2.75, 3.05) is 26.2 Å². The first-order valence-corrected chi connectivity index (χ1v) is 6.28. The molecule has 0 aliphatic carbocycles. The molecule has 1 N–H and O–H groups in total. The van der Waals surface area contributed by atoms with Gasteiger partial charge in [0.25, 0.3) is 0 Å². The lowest BCUT2D eigenvalue weighted by Crippen LogP contribution is -2.44. The summed E-state index contributed by atoms with van der Waals surface area (Å²) < 4.78 is 0. The molecule has 1 rings (SSSR count). The Kier molecular flexibility index (Phi) is 5.41. The first-order chi connectivity index (χ1) is 8.04. The lowest BCUT2D eigenvalue weighted by Gasteiger charge is -2.28. The van der Waals surface area contributed by atoms with Crippen LogP contribution in [0.4, 0.5) is 0 Å². The molecule has 0 saturated carbocycles. The Balaban J connectivity index is 2.51. The van der Waals surface area contributed by atoms with E-state index in [1.54, 1.807) is 4.90 Å². The fourth-order valence-electron chi connectivity index (χ4n) is 2.04. The van der Waals surface area contributed by atoms with Crippen molar-refractivity contribution in [3.05, 3.63) is 0 Å². The fourth-order valence-corrected chi connectivity index (χ4v) is 2.04. The van der Waals surface area contributed by atoms with Crippen LogP contribution in [0.25, 0.3) is 0 Å². The summed E-state index contributed by atoms with van der Waals surface area (Å²) in [5.41, 5.74) is 0. The van der Waals surface area contributed by atoms with Gasteiger partial charge in [0.1, 0.15) is 0 Å². The molecule has 5 heteroatoms. The van der Waals surface area contributed by atoms with E-state index >= 15 is 0 Å². The third-order valence-electron chi connectivity index (χ3n) is 3.35. The summed E-state index contributed by atoms with van der Waals surface area (Å²) in [5.74, 6) is -0.816. The number of carboxylic acid groups (broad SMARTS) is 1. The van der Waals surface area contributed by atoms with Crippen molar-refractivity contribution in [1.29, 1.82) is 0 Å². The highest BCUT2D eigenvalue weighted by Gasteiger charge is 2.23. The van der Waals surface area contributed by atoms with Crippen molar-refractivity contribution in [2.45, 2.75) is 39.2 Å². The first kappa shape index (κ1) is 14.0. The maximum absolute atomic E-state index is 11.9. The van der Waals surface area contributed by atoms with Crippen molar-refractivity contribution in [1.82, 2.24) is 9.80 Å². The van der Waals surface area contributed by atoms with E-state index in [-0.39, 0.29) is 25.0 Å². The molecule has 1 aliphatic heterocycles. The zero-order valence-electron chi connectivity index (χ0n) is 10.7. The maximum atomic E-state index is 11.9. The van der Waals surface area contributed by atoms with E-state index in [0.29, 0.717) is 0 Å². The molecular formula is C12H22N2O3. The quantitative estimate of drug-likeness (QED) is 0.748. The summed E-state index contributed by atoms with van der Waals surface area (Å²) in [6, 6.07) is 0.123. The summed E-state index contributed by atoms with van der Waals surface area (Å²) in [6.45, 7) is 5.76. The van der Waals surface area contributed by atoms with Crippen LogP contribution < -0.4 is 0 Å². The number of rotatable bonds is 6. The number of hydrogen-bond donors (Lipinski definition) is 1. The third kappa shape index (κ3) is 4.34. The van der Waals surface area contributed by atoms with Gasteiger partial charge in [-0.2, -0.15) is 0 Å². The van der Waals surface area contributed by atoms with Gasteiger partial charge in [0.05, 0.1) is 13.1 Å². The number of nitrogens with zero attached hydrogens (tertiary/aromatic N) is 2. The predicted octanol–water partition coefficient (Wildman–Crippen LogP) is 0.794. The molecule has 98 valence electrons. The van der Waals surface area contributed by atoms with Crippen molar-refractivity contribution in [2.24, 2.45) is 0 Å². The number of hydrogen-bond acceptors (Lipinski definition) is 3. The first-order valence-electron chi connectivity index (χ1n) is 6.28. The number of aliphatic carboxylic acids is 1. The molecule has 0 spiro atoms. The Hall–Kier alpha value is -1.10. The van der Waals surface area contributed by atoms with Crippen LogP contribution in [0.5, 0.6) is 0 Å². The molecule has 1 heterocycles. The van der Waals surface area contributed by atoms with Gasteiger partial charge in [-0.15, -0.1) is 0 Å². The number of likely N-dealkylation sites (tertiary alicyclic amines) is 1. The lowest BCUT2D eigenvalue weighted by molar-refractivity contribution is -0.140. The third-order valence-corrected chi connectivity index (χ3v) is 3.35. The van der Waals surface area contributed by atoms with E-state index in [1.807, 2.05) is 18.7 Å². The molecule has 1 amide bonds. The molecular weight excluding hydrogens is 220 g/mol. The average Bonchev–Trinajstić information content (AvgIpc) is 2.79. The van der Waals surface area contributed by atoms with Crippen molar-refractivity contribution < 1.29 is 14.7 Å². The average molecular weight is 242 g/mol. The second kappa shape index (κ2) is 6.59. The predicted molar refractivity (Wildman–Crippen MR) is 64.8 cm³/mol. The smallest absolute Gasteiger partial charge is 0.317 e. The Morgan fingerprint density at radius 2 is 1.88 bits per heavy atom. The van der Waals surface area contributed by atoms with Gasteiger partial charge in [0.2, 0.25) is 5.91 Å². The van der Waals surface area contributed by atoms with E-state index in [4.69, 9.17) is 5.11 Å². The number of carbonyl (C=O) groups excluding carboxylic acids is 1. The van der Waals surface area contributed by atoms with E-state index in [9.17, 15) is 9.59 Å². The molecule has 1 aliphatic rings.